The quantitative estimate of drug-likeness (QED) is 0.151. The lowest BCUT2D eigenvalue weighted by atomic mass is 10.0. The highest BCUT2D eigenvalue weighted by atomic mass is 32.2. The van der Waals surface area contributed by atoms with Crippen LogP contribution in [0.1, 0.15) is 43.4 Å². The maximum absolute atomic E-state index is 12.9. The summed E-state index contributed by atoms with van der Waals surface area (Å²) in [4.78, 5) is 26.4. The van der Waals surface area contributed by atoms with Crippen molar-refractivity contribution in [1.29, 1.82) is 5.26 Å². The standard InChI is InChI=1S/C33H38N4O3S/c1-23(2)19-30(37-32(38)18-13-26-10-6-5-7-11-26)33(39)35-21-24(3)22-36-41-28-16-14-27(15-17-28)40-31-12-8-9-25(4)29(31)20-34/h5-12,14-17,23,30,36H,3,13,18-19,21-22H2,1-2,4H3,(H,35,39)(H,37,38)/t30-/m0/s1. The summed E-state index contributed by atoms with van der Waals surface area (Å²) in [5.41, 5.74) is 3.30. The number of aryl methyl sites for hydroxylation is 2. The first-order chi connectivity index (χ1) is 19.7. The van der Waals surface area contributed by atoms with E-state index in [9.17, 15) is 14.9 Å². The number of benzene rings is 3. The minimum atomic E-state index is -0.585. The lowest BCUT2D eigenvalue weighted by molar-refractivity contribution is -0.129. The van der Waals surface area contributed by atoms with Crippen molar-refractivity contribution in [2.24, 2.45) is 5.92 Å². The zero-order valence-corrected chi connectivity index (χ0v) is 24.7. The molecule has 0 bridgehead atoms. The summed E-state index contributed by atoms with van der Waals surface area (Å²) in [5, 5.41) is 15.2. The molecule has 3 N–H and O–H groups in total. The van der Waals surface area contributed by atoms with Crippen molar-refractivity contribution in [1.82, 2.24) is 15.4 Å². The van der Waals surface area contributed by atoms with Gasteiger partial charge in [-0.25, -0.2) is 0 Å². The van der Waals surface area contributed by atoms with E-state index in [1.807, 2.05) is 87.5 Å². The lowest BCUT2D eigenvalue weighted by Gasteiger charge is -2.20. The third-order valence-corrected chi connectivity index (χ3v) is 7.06. The Bertz CT molecular complexity index is 1350. The van der Waals surface area contributed by atoms with Crippen molar-refractivity contribution in [3.8, 4) is 17.6 Å². The Balaban J connectivity index is 1.40. The Labute approximate surface area is 247 Å². The average Bonchev–Trinajstić information content (AvgIpc) is 2.96. The van der Waals surface area contributed by atoms with E-state index < -0.39 is 6.04 Å². The minimum Gasteiger partial charge on any atom is -0.456 e. The molecular formula is C33H38N4O3S. The van der Waals surface area contributed by atoms with Crippen LogP contribution in [0.15, 0.2) is 89.8 Å². The normalized spacial score (nSPS) is 11.4. The number of hydrogen-bond donors (Lipinski definition) is 3. The van der Waals surface area contributed by atoms with Gasteiger partial charge in [-0.2, -0.15) is 5.26 Å². The van der Waals surface area contributed by atoms with Gasteiger partial charge in [0.2, 0.25) is 11.8 Å². The average molecular weight is 571 g/mol. The molecule has 0 heterocycles. The fourth-order valence-corrected chi connectivity index (χ4v) is 4.78. The van der Waals surface area contributed by atoms with Crippen molar-refractivity contribution in [3.63, 3.8) is 0 Å². The Morgan fingerprint density at radius 3 is 2.41 bits per heavy atom. The first-order valence-corrected chi connectivity index (χ1v) is 14.5. The molecule has 0 aromatic heterocycles. The minimum absolute atomic E-state index is 0.132. The number of nitrogens with one attached hydrogen (secondary N) is 3. The summed E-state index contributed by atoms with van der Waals surface area (Å²) in [7, 11) is 0. The molecule has 0 fully saturated rings. The molecule has 0 saturated heterocycles. The molecule has 7 nitrogen and oxygen atoms in total. The molecule has 0 aliphatic rings. The Kier molecular flexibility index (Phi) is 12.5. The van der Waals surface area contributed by atoms with Crippen molar-refractivity contribution >= 4 is 23.8 Å². The van der Waals surface area contributed by atoms with Gasteiger partial charge in [0, 0.05) is 24.4 Å². The number of nitriles is 1. The first-order valence-electron chi connectivity index (χ1n) is 13.7. The van der Waals surface area contributed by atoms with Crippen LogP contribution in [-0.2, 0) is 16.0 Å². The van der Waals surface area contributed by atoms with Gasteiger partial charge in [-0.15, -0.1) is 0 Å². The lowest BCUT2D eigenvalue weighted by Crippen LogP contribution is -2.48. The van der Waals surface area contributed by atoms with Crippen LogP contribution in [0, 0.1) is 24.2 Å². The van der Waals surface area contributed by atoms with Crippen LogP contribution in [-0.4, -0.2) is 30.9 Å². The summed E-state index contributed by atoms with van der Waals surface area (Å²) in [6.45, 7) is 10.8. The number of hydrogen-bond acceptors (Lipinski definition) is 6. The summed E-state index contributed by atoms with van der Waals surface area (Å²) >= 11 is 1.45. The van der Waals surface area contributed by atoms with Gasteiger partial charge in [-0.1, -0.05) is 62.9 Å². The number of amides is 2. The van der Waals surface area contributed by atoms with Crippen molar-refractivity contribution in [3.05, 3.63) is 102 Å². The molecule has 0 unspecified atom stereocenters. The topological polar surface area (TPSA) is 103 Å². The van der Waals surface area contributed by atoms with Crippen molar-refractivity contribution in [2.45, 2.75) is 51.0 Å². The first kappa shape index (κ1) is 31.5. The molecule has 8 heteroatoms. The fraction of sp³-hybridized carbons (Fsp3) is 0.303. The molecule has 3 rings (SSSR count). The van der Waals surface area contributed by atoms with E-state index in [-0.39, 0.29) is 17.7 Å². The predicted octanol–water partition coefficient (Wildman–Crippen LogP) is 6.09. The van der Waals surface area contributed by atoms with Crippen LogP contribution in [0.3, 0.4) is 0 Å². The Morgan fingerprint density at radius 2 is 1.73 bits per heavy atom. The Hall–Kier alpha value is -4.06. The number of rotatable bonds is 15. The second kappa shape index (κ2) is 16.3. The predicted molar refractivity (Wildman–Crippen MR) is 165 cm³/mol. The molecule has 1 atom stereocenters. The van der Waals surface area contributed by atoms with E-state index >= 15 is 0 Å². The molecule has 3 aromatic rings. The van der Waals surface area contributed by atoms with E-state index in [2.05, 4.69) is 28.0 Å². The van der Waals surface area contributed by atoms with Crippen molar-refractivity contribution in [2.75, 3.05) is 13.1 Å². The summed E-state index contributed by atoms with van der Waals surface area (Å²) in [6.07, 6.45) is 1.53. The van der Waals surface area contributed by atoms with Gasteiger partial charge in [0.25, 0.3) is 0 Å². The van der Waals surface area contributed by atoms with Crippen LogP contribution in [0.4, 0.5) is 0 Å². The van der Waals surface area contributed by atoms with Crippen molar-refractivity contribution < 1.29 is 14.3 Å². The van der Waals surface area contributed by atoms with Gasteiger partial charge < -0.3 is 15.4 Å². The van der Waals surface area contributed by atoms with Crippen LogP contribution >= 0.6 is 11.9 Å². The molecule has 41 heavy (non-hydrogen) atoms. The number of carbonyl (C=O) groups excluding carboxylic acids is 2. The summed E-state index contributed by atoms with van der Waals surface area (Å²) in [6, 6.07) is 24.5. The summed E-state index contributed by atoms with van der Waals surface area (Å²) in [5.74, 6) is 1.10. The molecule has 0 saturated carbocycles. The summed E-state index contributed by atoms with van der Waals surface area (Å²) < 4.78 is 9.16. The Morgan fingerprint density at radius 1 is 1.00 bits per heavy atom. The monoisotopic (exact) mass is 570 g/mol. The molecule has 0 spiro atoms. The molecule has 3 aromatic carbocycles. The van der Waals surface area contributed by atoms with Crippen LogP contribution in [0.5, 0.6) is 11.5 Å². The van der Waals surface area contributed by atoms with Crippen LogP contribution in [0.25, 0.3) is 0 Å². The highest BCUT2D eigenvalue weighted by Gasteiger charge is 2.21. The van der Waals surface area contributed by atoms with Gasteiger partial charge >= 0.3 is 0 Å². The van der Waals surface area contributed by atoms with Gasteiger partial charge in [0.1, 0.15) is 23.6 Å². The van der Waals surface area contributed by atoms with E-state index in [1.54, 1.807) is 6.07 Å². The third kappa shape index (κ3) is 10.8. The smallest absolute Gasteiger partial charge is 0.242 e. The number of nitrogens with zero attached hydrogens (tertiary/aromatic N) is 1. The molecule has 0 aliphatic carbocycles. The SMILES string of the molecule is C=C(CNSc1ccc(Oc2cccc(C)c2C#N)cc1)CNC(=O)[C@H](CC(C)C)NC(=O)CCc1ccccc1. The van der Waals surface area contributed by atoms with E-state index in [1.165, 1.54) is 11.9 Å². The zero-order valence-electron chi connectivity index (χ0n) is 23.9. The van der Waals surface area contributed by atoms with E-state index in [0.717, 1.165) is 21.6 Å². The van der Waals surface area contributed by atoms with Gasteiger partial charge in [-0.3, -0.25) is 14.3 Å². The maximum atomic E-state index is 12.9. The molecule has 0 aliphatic heterocycles. The van der Waals surface area contributed by atoms with Crippen LogP contribution in [0.2, 0.25) is 0 Å². The highest BCUT2D eigenvalue weighted by molar-refractivity contribution is 7.97. The van der Waals surface area contributed by atoms with Gasteiger partial charge in [0.15, 0.2) is 0 Å². The molecule has 0 radical (unpaired) electrons. The number of carbonyl (C=O) groups is 2. The fourth-order valence-electron chi connectivity index (χ4n) is 4.06. The largest absolute Gasteiger partial charge is 0.456 e. The molecule has 214 valence electrons. The molecule has 2 amide bonds. The van der Waals surface area contributed by atoms with Gasteiger partial charge in [0.05, 0.1) is 5.56 Å². The second-order valence-electron chi connectivity index (χ2n) is 10.3. The zero-order chi connectivity index (χ0) is 29.6. The second-order valence-corrected chi connectivity index (χ2v) is 11.2. The van der Waals surface area contributed by atoms with Gasteiger partial charge in [-0.05, 0) is 84.7 Å². The third-order valence-electron chi connectivity index (χ3n) is 6.27. The maximum Gasteiger partial charge on any atom is 0.242 e. The van der Waals surface area contributed by atoms with E-state index in [4.69, 9.17) is 4.74 Å². The highest BCUT2D eigenvalue weighted by Crippen LogP contribution is 2.28. The van der Waals surface area contributed by atoms with E-state index in [0.29, 0.717) is 49.4 Å². The number of ether oxygens (including phenoxy) is 1. The molecular weight excluding hydrogens is 532 g/mol. The van der Waals surface area contributed by atoms with Crippen LogP contribution < -0.4 is 20.1 Å².